The van der Waals surface area contributed by atoms with Crippen LogP contribution < -0.4 is 5.32 Å². The maximum Gasteiger partial charge on any atom is 0.306 e. The van der Waals surface area contributed by atoms with E-state index in [1.165, 1.54) is 11.3 Å². The molecule has 0 atom stereocenters. The zero-order valence-electron chi connectivity index (χ0n) is 15.4. The van der Waals surface area contributed by atoms with Crippen LogP contribution in [0.5, 0.6) is 0 Å². The van der Waals surface area contributed by atoms with Gasteiger partial charge < -0.3 is 10.4 Å². The van der Waals surface area contributed by atoms with Crippen LogP contribution in [0.15, 0.2) is 30.3 Å². The van der Waals surface area contributed by atoms with E-state index in [1.807, 2.05) is 22.9 Å². The van der Waals surface area contributed by atoms with Gasteiger partial charge in [-0.05, 0) is 62.6 Å². The summed E-state index contributed by atoms with van der Waals surface area (Å²) in [4.78, 5) is 23.6. The molecule has 1 aromatic heterocycles. The van der Waals surface area contributed by atoms with E-state index in [1.54, 1.807) is 0 Å². The normalized spacial score (nSPS) is 21.6. The average Bonchev–Trinajstić information content (AvgIpc) is 3.30. The van der Waals surface area contributed by atoms with Crippen molar-refractivity contribution in [3.05, 3.63) is 47.3 Å². The number of fused-ring (bicyclic) bond motifs is 1. The highest BCUT2D eigenvalue weighted by Gasteiger charge is 2.30. The van der Waals surface area contributed by atoms with Crippen LogP contribution in [0.1, 0.15) is 49.1 Å². The number of hydrogen-bond acceptors (Lipinski definition) is 3. The molecule has 0 aliphatic heterocycles. The Morgan fingerprint density at radius 2 is 1.78 bits per heavy atom. The second kappa shape index (κ2) is 7.55. The lowest BCUT2D eigenvalue weighted by atomic mass is 9.81. The minimum absolute atomic E-state index is 0.0276. The lowest BCUT2D eigenvalue weighted by Crippen LogP contribution is -2.34. The highest BCUT2D eigenvalue weighted by atomic mass is 16.4. The summed E-state index contributed by atoms with van der Waals surface area (Å²) in [6, 6.07) is 10.1. The Morgan fingerprint density at radius 1 is 1.07 bits per heavy atom. The third-order valence-electron chi connectivity index (χ3n) is 5.89. The van der Waals surface area contributed by atoms with Crippen LogP contribution in [0.25, 0.3) is 5.69 Å². The predicted octanol–water partition coefficient (Wildman–Crippen LogP) is 2.87. The molecule has 1 fully saturated rings. The minimum Gasteiger partial charge on any atom is -0.481 e. The molecule has 1 amide bonds. The largest absolute Gasteiger partial charge is 0.481 e. The topological polar surface area (TPSA) is 84.2 Å². The van der Waals surface area contributed by atoms with Crippen LogP contribution in [-0.2, 0) is 29.0 Å². The third-order valence-corrected chi connectivity index (χ3v) is 5.89. The molecule has 0 bridgehead atoms. The minimum atomic E-state index is -0.740. The Kier molecular flexibility index (Phi) is 4.97. The van der Waals surface area contributed by atoms with Gasteiger partial charge in [-0.15, -0.1) is 0 Å². The van der Waals surface area contributed by atoms with E-state index in [-0.39, 0.29) is 17.7 Å². The molecule has 0 unspecified atom stereocenters. The first-order valence-corrected chi connectivity index (χ1v) is 9.79. The maximum atomic E-state index is 12.5. The number of carboxylic acid groups (broad SMARTS) is 1. The number of carbonyl (C=O) groups excluding carboxylic acids is 1. The number of benzene rings is 1. The summed E-state index contributed by atoms with van der Waals surface area (Å²) in [5, 5.41) is 16.9. The quantitative estimate of drug-likeness (QED) is 0.851. The van der Waals surface area contributed by atoms with Gasteiger partial charge in [-0.1, -0.05) is 18.2 Å². The van der Waals surface area contributed by atoms with E-state index >= 15 is 0 Å². The molecular formula is C21H25N3O3. The number of nitrogens with zero attached hydrogens (tertiary/aromatic N) is 2. The first-order valence-electron chi connectivity index (χ1n) is 9.79. The molecule has 2 aliphatic carbocycles. The number of para-hydroxylation sites is 1. The SMILES string of the molecule is O=C(O)C1CCC(C(=O)NCc2nn(-c3ccccc3)c3c2CCC3)CC1. The molecule has 142 valence electrons. The first-order chi connectivity index (χ1) is 13.1. The molecule has 27 heavy (non-hydrogen) atoms. The number of carbonyl (C=O) groups is 2. The Balaban J connectivity index is 1.42. The number of carboxylic acids is 1. The Hall–Kier alpha value is -2.63. The summed E-state index contributed by atoms with van der Waals surface area (Å²) < 4.78 is 2.02. The lowest BCUT2D eigenvalue weighted by molar-refractivity contribution is -0.144. The van der Waals surface area contributed by atoms with Gasteiger partial charge in [0.05, 0.1) is 23.8 Å². The Morgan fingerprint density at radius 3 is 2.48 bits per heavy atom. The number of hydrogen-bond donors (Lipinski definition) is 2. The van der Waals surface area contributed by atoms with Crippen molar-refractivity contribution in [1.29, 1.82) is 0 Å². The summed E-state index contributed by atoms with van der Waals surface area (Å²) in [6.45, 7) is 0.444. The van der Waals surface area contributed by atoms with E-state index in [9.17, 15) is 9.59 Å². The van der Waals surface area contributed by atoms with E-state index < -0.39 is 5.97 Å². The van der Waals surface area contributed by atoms with Crippen molar-refractivity contribution in [1.82, 2.24) is 15.1 Å². The van der Waals surface area contributed by atoms with Gasteiger partial charge in [-0.2, -0.15) is 5.10 Å². The summed E-state index contributed by atoms with van der Waals surface area (Å²) in [5.41, 5.74) is 4.54. The van der Waals surface area contributed by atoms with Crippen LogP contribution in [0.4, 0.5) is 0 Å². The lowest BCUT2D eigenvalue weighted by Gasteiger charge is -2.25. The van der Waals surface area contributed by atoms with Gasteiger partial charge in [-0.3, -0.25) is 9.59 Å². The van der Waals surface area contributed by atoms with Crippen LogP contribution in [0, 0.1) is 11.8 Å². The van der Waals surface area contributed by atoms with Crippen molar-refractivity contribution in [2.75, 3.05) is 0 Å². The molecule has 4 rings (SSSR count). The van der Waals surface area contributed by atoms with Crippen LogP contribution in [-0.4, -0.2) is 26.8 Å². The molecule has 2 aliphatic rings. The molecular weight excluding hydrogens is 342 g/mol. The third kappa shape index (κ3) is 3.61. The standard InChI is InChI=1S/C21H25N3O3/c25-20(14-9-11-15(12-10-14)21(26)27)22-13-18-17-7-4-8-19(17)24(23-18)16-5-2-1-3-6-16/h1-3,5-6,14-15H,4,7-13H2,(H,22,25)(H,26,27). The summed E-state index contributed by atoms with van der Waals surface area (Å²) in [6.07, 6.45) is 5.64. The fraction of sp³-hybridized carbons (Fsp3) is 0.476. The number of aliphatic carboxylic acids is 1. The Labute approximate surface area is 158 Å². The van der Waals surface area contributed by atoms with E-state index in [2.05, 4.69) is 17.4 Å². The van der Waals surface area contributed by atoms with E-state index in [0.29, 0.717) is 32.2 Å². The second-order valence-corrected chi connectivity index (χ2v) is 7.58. The van der Waals surface area contributed by atoms with Crippen molar-refractivity contribution in [3.8, 4) is 5.69 Å². The van der Waals surface area contributed by atoms with Crippen LogP contribution in [0.2, 0.25) is 0 Å². The van der Waals surface area contributed by atoms with Gasteiger partial charge in [0.1, 0.15) is 0 Å². The summed E-state index contributed by atoms with van der Waals surface area (Å²) >= 11 is 0. The van der Waals surface area contributed by atoms with Crippen LogP contribution in [0.3, 0.4) is 0 Å². The monoisotopic (exact) mass is 367 g/mol. The first kappa shape index (κ1) is 17.8. The van der Waals surface area contributed by atoms with Crippen molar-refractivity contribution in [3.63, 3.8) is 0 Å². The number of aromatic nitrogens is 2. The molecule has 6 heteroatoms. The molecule has 1 heterocycles. The molecule has 1 aromatic carbocycles. The van der Waals surface area contributed by atoms with E-state index in [0.717, 1.165) is 30.6 Å². The van der Waals surface area contributed by atoms with E-state index in [4.69, 9.17) is 10.2 Å². The number of nitrogens with one attached hydrogen (secondary N) is 1. The number of amides is 1. The molecule has 2 N–H and O–H groups in total. The second-order valence-electron chi connectivity index (χ2n) is 7.58. The molecule has 0 saturated heterocycles. The summed E-state index contributed by atoms with van der Waals surface area (Å²) in [7, 11) is 0. The van der Waals surface area contributed by atoms with Crippen molar-refractivity contribution in [2.24, 2.45) is 11.8 Å². The zero-order chi connectivity index (χ0) is 18.8. The molecule has 0 spiro atoms. The Bertz CT molecular complexity index is 836. The fourth-order valence-corrected chi connectivity index (χ4v) is 4.36. The number of rotatable bonds is 5. The average molecular weight is 367 g/mol. The van der Waals surface area contributed by atoms with Gasteiger partial charge in [0.15, 0.2) is 0 Å². The van der Waals surface area contributed by atoms with Crippen molar-refractivity contribution >= 4 is 11.9 Å². The maximum absolute atomic E-state index is 12.5. The highest BCUT2D eigenvalue weighted by molar-refractivity contribution is 5.79. The zero-order valence-corrected chi connectivity index (χ0v) is 15.4. The highest BCUT2D eigenvalue weighted by Crippen LogP contribution is 2.30. The predicted molar refractivity (Wildman–Crippen MR) is 101 cm³/mol. The van der Waals surface area contributed by atoms with Crippen molar-refractivity contribution in [2.45, 2.75) is 51.5 Å². The van der Waals surface area contributed by atoms with Gasteiger partial charge in [-0.25, -0.2) is 4.68 Å². The van der Waals surface area contributed by atoms with Gasteiger partial charge in [0.25, 0.3) is 0 Å². The van der Waals surface area contributed by atoms with Gasteiger partial charge in [0.2, 0.25) is 5.91 Å². The van der Waals surface area contributed by atoms with Gasteiger partial charge >= 0.3 is 5.97 Å². The molecule has 1 saturated carbocycles. The molecule has 0 radical (unpaired) electrons. The smallest absolute Gasteiger partial charge is 0.306 e. The summed E-state index contributed by atoms with van der Waals surface area (Å²) in [5.74, 6) is -1.08. The van der Waals surface area contributed by atoms with Gasteiger partial charge in [0, 0.05) is 11.6 Å². The van der Waals surface area contributed by atoms with Crippen molar-refractivity contribution < 1.29 is 14.7 Å². The molecule has 2 aromatic rings. The molecule has 6 nitrogen and oxygen atoms in total. The fourth-order valence-electron chi connectivity index (χ4n) is 4.36. The van der Waals surface area contributed by atoms with Crippen LogP contribution >= 0.6 is 0 Å².